The Morgan fingerprint density at radius 1 is 1.33 bits per heavy atom. The predicted molar refractivity (Wildman–Crippen MR) is 66.3 cm³/mol. The Labute approximate surface area is 105 Å². The maximum absolute atomic E-state index is 10.9. The summed E-state index contributed by atoms with van der Waals surface area (Å²) in [6, 6.07) is 9.32. The third-order valence-corrected chi connectivity index (χ3v) is 2.57. The molecular formula is C12H15N5O. The molecule has 0 aliphatic carbocycles. The monoisotopic (exact) mass is 245 g/mol. The van der Waals surface area contributed by atoms with Crippen LogP contribution in [0.3, 0.4) is 0 Å². The standard InChI is InChI=1S/C12H15N5O/c13-10(6-11(14)18)12-15-8-16-17(12)7-9-4-2-1-3-5-9/h1-5,8,10H,6-7,13H2,(H2,14,18)/t10-/m1/s1. The molecule has 2 aromatic rings. The van der Waals surface area contributed by atoms with Gasteiger partial charge < -0.3 is 11.5 Å². The third-order valence-electron chi connectivity index (χ3n) is 2.57. The van der Waals surface area contributed by atoms with Crippen LogP contribution in [0.4, 0.5) is 0 Å². The molecule has 0 aliphatic rings. The van der Waals surface area contributed by atoms with Crippen molar-refractivity contribution in [2.24, 2.45) is 11.5 Å². The molecule has 1 amide bonds. The van der Waals surface area contributed by atoms with Gasteiger partial charge in [-0.2, -0.15) is 5.10 Å². The fraction of sp³-hybridized carbons (Fsp3) is 0.250. The number of hydrogen-bond donors (Lipinski definition) is 2. The van der Waals surface area contributed by atoms with Crippen LogP contribution in [0.25, 0.3) is 0 Å². The topological polar surface area (TPSA) is 99.8 Å². The first-order valence-electron chi connectivity index (χ1n) is 5.62. The molecule has 0 radical (unpaired) electrons. The smallest absolute Gasteiger partial charge is 0.219 e. The molecule has 1 aromatic carbocycles. The van der Waals surface area contributed by atoms with E-state index in [1.807, 2.05) is 30.3 Å². The minimum atomic E-state index is -0.520. The molecule has 1 atom stereocenters. The SMILES string of the molecule is NC(=O)C[C@@H](N)c1ncnn1Cc1ccccc1. The van der Waals surface area contributed by atoms with Crippen LogP contribution in [0, 0.1) is 0 Å². The number of aromatic nitrogens is 3. The average molecular weight is 245 g/mol. The van der Waals surface area contributed by atoms with E-state index in [0.29, 0.717) is 12.4 Å². The van der Waals surface area contributed by atoms with Crippen LogP contribution in [0.5, 0.6) is 0 Å². The molecule has 94 valence electrons. The fourth-order valence-electron chi connectivity index (χ4n) is 1.75. The van der Waals surface area contributed by atoms with E-state index >= 15 is 0 Å². The lowest BCUT2D eigenvalue weighted by atomic mass is 10.2. The van der Waals surface area contributed by atoms with Crippen LogP contribution < -0.4 is 11.5 Å². The van der Waals surface area contributed by atoms with Gasteiger partial charge in [-0.15, -0.1) is 0 Å². The Kier molecular flexibility index (Phi) is 3.69. The van der Waals surface area contributed by atoms with E-state index in [0.717, 1.165) is 5.56 Å². The van der Waals surface area contributed by atoms with E-state index in [-0.39, 0.29) is 6.42 Å². The number of primary amides is 1. The summed E-state index contributed by atoms with van der Waals surface area (Å²) >= 11 is 0. The molecule has 0 saturated carbocycles. The van der Waals surface area contributed by atoms with E-state index in [9.17, 15) is 4.79 Å². The Hall–Kier alpha value is -2.21. The van der Waals surface area contributed by atoms with Crippen LogP contribution in [-0.2, 0) is 11.3 Å². The minimum Gasteiger partial charge on any atom is -0.370 e. The van der Waals surface area contributed by atoms with Crippen LogP contribution in [0.2, 0.25) is 0 Å². The van der Waals surface area contributed by atoms with Gasteiger partial charge in [-0.1, -0.05) is 30.3 Å². The lowest BCUT2D eigenvalue weighted by Gasteiger charge is -2.11. The summed E-state index contributed by atoms with van der Waals surface area (Å²) in [5.41, 5.74) is 12.1. The number of carbonyl (C=O) groups excluding carboxylic acids is 1. The summed E-state index contributed by atoms with van der Waals surface area (Å²) in [5.74, 6) is 0.120. The van der Waals surface area contributed by atoms with Crippen molar-refractivity contribution in [2.75, 3.05) is 0 Å². The zero-order valence-corrected chi connectivity index (χ0v) is 9.86. The van der Waals surface area contributed by atoms with E-state index in [2.05, 4.69) is 10.1 Å². The summed E-state index contributed by atoms with van der Waals surface area (Å²) in [7, 11) is 0. The van der Waals surface area contributed by atoms with Crippen LogP contribution in [-0.4, -0.2) is 20.7 Å². The van der Waals surface area contributed by atoms with E-state index < -0.39 is 11.9 Å². The molecule has 4 N–H and O–H groups in total. The Morgan fingerprint density at radius 3 is 2.72 bits per heavy atom. The molecule has 6 nitrogen and oxygen atoms in total. The molecule has 0 unspecified atom stereocenters. The molecule has 2 rings (SSSR count). The van der Waals surface area contributed by atoms with Gasteiger partial charge in [0.1, 0.15) is 12.2 Å². The Morgan fingerprint density at radius 2 is 2.06 bits per heavy atom. The number of carbonyl (C=O) groups is 1. The number of rotatable bonds is 5. The van der Waals surface area contributed by atoms with E-state index in [4.69, 9.17) is 11.5 Å². The molecular weight excluding hydrogens is 230 g/mol. The van der Waals surface area contributed by atoms with Crippen molar-refractivity contribution in [1.82, 2.24) is 14.8 Å². The van der Waals surface area contributed by atoms with Crippen molar-refractivity contribution < 1.29 is 4.79 Å². The summed E-state index contributed by atoms with van der Waals surface area (Å²) in [6.07, 6.45) is 1.49. The lowest BCUT2D eigenvalue weighted by Crippen LogP contribution is -2.24. The second-order valence-electron chi connectivity index (χ2n) is 4.04. The van der Waals surface area contributed by atoms with E-state index in [1.54, 1.807) is 4.68 Å². The first-order chi connectivity index (χ1) is 8.66. The maximum Gasteiger partial charge on any atom is 0.219 e. The minimum absolute atomic E-state index is 0.0630. The molecule has 0 spiro atoms. The van der Waals surface area contributed by atoms with Crippen molar-refractivity contribution in [1.29, 1.82) is 0 Å². The summed E-state index contributed by atoms with van der Waals surface area (Å²) in [6.45, 7) is 0.572. The highest BCUT2D eigenvalue weighted by Crippen LogP contribution is 2.12. The largest absolute Gasteiger partial charge is 0.370 e. The lowest BCUT2D eigenvalue weighted by molar-refractivity contribution is -0.118. The van der Waals surface area contributed by atoms with Crippen LogP contribution in [0.1, 0.15) is 23.9 Å². The maximum atomic E-state index is 10.9. The first kappa shape index (κ1) is 12.3. The van der Waals surface area contributed by atoms with Gasteiger partial charge in [0, 0.05) is 6.42 Å². The first-order valence-corrected chi connectivity index (χ1v) is 5.62. The van der Waals surface area contributed by atoms with Gasteiger partial charge in [-0.3, -0.25) is 4.79 Å². The Bertz CT molecular complexity index is 522. The average Bonchev–Trinajstić information content (AvgIpc) is 2.77. The second-order valence-corrected chi connectivity index (χ2v) is 4.04. The van der Waals surface area contributed by atoms with Crippen LogP contribution >= 0.6 is 0 Å². The van der Waals surface area contributed by atoms with Gasteiger partial charge in [-0.25, -0.2) is 9.67 Å². The number of nitrogens with zero attached hydrogens (tertiary/aromatic N) is 3. The number of nitrogens with two attached hydrogens (primary N) is 2. The van der Waals surface area contributed by atoms with Crippen molar-refractivity contribution in [3.05, 3.63) is 48.0 Å². The summed E-state index contributed by atoms with van der Waals surface area (Å²) < 4.78 is 1.68. The Balaban J connectivity index is 2.15. The van der Waals surface area contributed by atoms with Crippen molar-refractivity contribution >= 4 is 5.91 Å². The van der Waals surface area contributed by atoms with Crippen molar-refractivity contribution in [3.8, 4) is 0 Å². The predicted octanol–water partition coefficient (Wildman–Crippen LogP) is 0.202. The highest BCUT2D eigenvalue weighted by atomic mass is 16.1. The second kappa shape index (κ2) is 5.42. The molecule has 0 bridgehead atoms. The normalized spacial score (nSPS) is 12.3. The number of benzene rings is 1. The number of amides is 1. The van der Waals surface area contributed by atoms with Crippen LogP contribution in [0.15, 0.2) is 36.7 Å². The summed E-state index contributed by atoms with van der Waals surface area (Å²) in [5, 5.41) is 4.11. The van der Waals surface area contributed by atoms with Gasteiger partial charge in [0.05, 0.1) is 12.6 Å². The molecule has 1 aromatic heterocycles. The van der Waals surface area contributed by atoms with Gasteiger partial charge in [0.25, 0.3) is 0 Å². The molecule has 0 fully saturated rings. The molecule has 18 heavy (non-hydrogen) atoms. The quantitative estimate of drug-likeness (QED) is 0.786. The molecule has 0 aliphatic heterocycles. The van der Waals surface area contributed by atoms with Crippen molar-refractivity contribution in [2.45, 2.75) is 19.0 Å². The van der Waals surface area contributed by atoms with Crippen molar-refractivity contribution in [3.63, 3.8) is 0 Å². The number of hydrogen-bond acceptors (Lipinski definition) is 4. The third kappa shape index (κ3) is 2.92. The zero-order valence-electron chi connectivity index (χ0n) is 9.86. The zero-order chi connectivity index (χ0) is 13.0. The molecule has 1 heterocycles. The fourth-order valence-corrected chi connectivity index (χ4v) is 1.75. The van der Waals surface area contributed by atoms with Gasteiger partial charge in [-0.05, 0) is 5.56 Å². The van der Waals surface area contributed by atoms with Gasteiger partial charge in [0.2, 0.25) is 5.91 Å². The molecule has 6 heteroatoms. The highest BCUT2D eigenvalue weighted by molar-refractivity contribution is 5.74. The van der Waals surface area contributed by atoms with Gasteiger partial charge in [0.15, 0.2) is 0 Å². The highest BCUT2D eigenvalue weighted by Gasteiger charge is 2.15. The molecule has 0 saturated heterocycles. The summed E-state index contributed by atoms with van der Waals surface area (Å²) in [4.78, 5) is 14.9. The van der Waals surface area contributed by atoms with E-state index in [1.165, 1.54) is 6.33 Å². The van der Waals surface area contributed by atoms with Gasteiger partial charge >= 0.3 is 0 Å².